The number of halogens is 2. The van der Waals surface area contributed by atoms with Crippen molar-refractivity contribution in [1.29, 1.82) is 0 Å². The van der Waals surface area contributed by atoms with Crippen LogP contribution in [0.1, 0.15) is 27.3 Å². The van der Waals surface area contributed by atoms with Crippen LogP contribution in [0.2, 0.25) is 5.02 Å². The summed E-state index contributed by atoms with van der Waals surface area (Å²) in [6, 6.07) is 2.35. The van der Waals surface area contributed by atoms with Gasteiger partial charge in [-0.25, -0.2) is 9.97 Å². The van der Waals surface area contributed by atoms with E-state index in [1.807, 2.05) is 7.05 Å². The molecule has 0 aromatic carbocycles. The minimum absolute atomic E-state index is 0. The Labute approximate surface area is 218 Å². The second-order valence-corrected chi connectivity index (χ2v) is 9.49. The van der Waals surface area contributed by atoms with E-state index in [4.69, 9.17) is 11.6 Å². The Balaban J connectivity index is 0.00000432. The Morgan fingerprint density at radius 1 is 1.26 bits per heavy atom. The number of carbonyl (C=O) groups is 4. The van der Waals surface area contributed by atoms with E-state index in [2.05, 4.69) is 30.8 Å². The molecule has 2 aromatic rings. The summed E-state index contributed by atoms with van der Waals surface area (Å²) in [6.07, 6.45) is 2.12. The van der Waals surface area contributed by atoms with Gasteiger partial charge in [0.1, 0.15) is 5.82 Å². The lowest BCUT2D eigenvalue weighted by molar-refractivity contribution is -0.136. The van der Waals surface area contributed by atoms with Gasteiger partial charge in [0, 0.05) is 57.6 Å². The molecule has 0 saturated heterocycles. The van der Waals surface area contributed by atoms with Crippen molar-refractivity contribution >= 4 is 64.8 Å². The number of aromatic nitrogens is 2. The van der Waals surface area contributed by atoms with E-state index in [-0.39, 0.29) is 37.2 Å². The van der Waals surface area contributed by atoms with E-state index in [1.165, 1.54) is 41.5 Å². The summed E-state index contributed by atoms with van der Waals surface area (Å²) in [5, 5.41) is 8.39. The van der Waals surface area contributed by atoms with Gasteiger partial charge in [-0.1, -0.05) is 11.6 Å². The number of amides is 4. The first-order chi connectivity index (χ1) is 16.1. The van der Waals surface area contributed by atoms with Crippen LogP contribution in [-0.4, -0.2) is 83.2 Å². The Bertz CT molecular complexity index is 1080. The first-order valence-electron chi connectivity index (χ1n) is 10.5. The number of anilines is 1. The van der Waals surface area contributed by atoms with Crippen molar-refractivity contribution in [1.82, 2.24) is 30.4 Å². The highest BCUT2D eigenvalue weighted by Gasteiger charge is 2.25. The van der Waals surface area contributed by atoms with Gasteiger partial charge in [-0.15, -0.1) is 23.7 Å². The van der Waals surface area contributed by atoms with Gasteiger partial charge in [0.2, 0.25) is 5.91 Å². The summed E-state index contributed by atoms with van der Waals surface area (Å²) in [7, 11) is 3.60. The van der Waals surface area contributed by atoms with E-state index in [0.717, 1.165) is 30.1 Å². The molecule has 3 rings (SSSR count). The maximum Gasteiger partial charge on any atom is 0.314 e. The van der Waals surface area contributed by atoms with E-state index in [1.54, 1.807) is 7.05 Å². The lowest BCUT2D eigenvalue weighted by atomic mass is 10.2. The molecule has 0 saturated carbocycles. The Morgan fingerprint density at radius 2 is 2.00 bits per heavy atom. The van der Waals surface area contributed by atoms with Gasteiger partial charge in [-0.05, 0) is 19.2 Å². The number of rotatable bonds is 7. The number of hydrogen-bond acceptors (Lipinski definition) is 8. The number of likely N-dealkylation sites (N-methyl/N-ethyl adjacent to an activating group) is 2. The fourth-order valence-corrected chi connectivity index (χ4v) is 4.41. The van der Waals surface area contributed by atoms with Crippen LogP contribution in [0.4, 0.5) is 5.82 Å². The highest BCUT2D eigenvalue weighted by molar-refractivity contribution is 7.13. The molecule has 0 spiro atoms. The highest BCUT2D eigenvalue weighted by atomic mass is 35.5. The minimum Gasteiger partial charge on any atom is -0.346 e. The number of carbonyl (C=O) groups excluding carboxylic acids is 4. The van der Waals surface area contributed by atoms with Gasteiger partial charge in [0.05, 0.1) is 16.8 Å². The number of nitrogens with zero attached hydrogens (tertiary/aromatic N) is 4. The molecule has 190 valence electrons. The second-order valence-electron chi connectivity index (χ2n) is 7.97. The normalized spacial score (nSPS) is 13.6. The zero-order valence-electron chi connectivity index (χ0n) is 19.5. The summed E-state index contributed by atoms with van der Waals surface area (Å²) in [4.78, 5) is 62.0. The molecule has 1 aliphatic rings. The third-order valence-corrected chi connectivity index (χ3v) is 6.47. The Morgan fingerprint density at radius 3 is 2.66 bits per heavy atom. The maximum absolute atomic E-state index is 12.9. The lowest BCUT2D eigenvalue weighted by Crippen LogP contribution is -2.51. The molecular weight excluding hydrogens is 517 g/mol. The molecule has 0 radical (unpaired) electrons. The third-order valence-electron chi connectivity index (χ3n) is 5.17. The van der Waals surface area contributed by atoms with Crippen LogP contribution in [0, 0.1) is 0 Å². The molecule has 4 amide bonds. The van der Waals surface area contributed by atoms with Crippen molar-refractivity contribution in [3.63, 3.8) is 0 Å². The molecule has 3 heterocycles. The smallest absolute Gasteiger partial charge is 0.314 e. The van der Waals surface area contributed by atoms with Gasteiger partial charge in [-0.2, -0.15) is 0 Å². The van der Waals surface area contributed by atoms with Crippen LogP contribution in [0.3, 0.4) is 0 Å². The molecule has 14 heteroatoms. The highest BCUT2D eigenvalue weighted by Crippen LogP contribution is 2.24. The molecule has 3 N–H and O–H groups in total. The van der Waals surface area contributed by atoms with Crippen molar-refractivity contribution in [2.24, 2.45) is 0 Å². The summed E-state index contributed by atoms with van der Waals surface area (Å²) >= 11 is 7.09. The zero-order chi connectivity index (χ0) is 24.8. The van der Waals surface area contributed by atoms with Crippen molar-refractivity contribution in [2.45, 2.75) is 25.9 Å². The van der Waals surface area contributed by atoms with Gasteiger partial charge < -0.3 is 25.8 Å². The number of nitrogens with one attached hydrogen (secondary N) is 3. The van der Waals surface area contributed by atoms with E-state index in [9.17, 15) is 19.2 Å². The largest absolute Gasteiger partial charge is 0.346 e. The molecular formula is C21H27Cl2N7O4S. The number of hydrogen-bond donors (Lipinski definition) is 3. The predicted molar refractivity (Wildman–Crippen MR) is 135 cm³/mol. The van der Waals surface area contributed by atoms with Crippen LogP contribution < -0.4 is 16.0 Å². The van der Waals surface area contributed by atoms with Crippen LogP contribution in [0.25, 0.3) is 0 Å². The van der Waals surface area contributed by atoms with Crippen LogP contribution >= 0.6 is 35.3 Å². The van der Waals surface area contributed by atoms with Crippen molar-refractivity contribution in [3.8, 4) is 0 Å². The molecule has 11 nitrogen and oxygen atoms in total. The fraction of sp³-hybridized carbons (Fsp3) is 0.429. The summed E-state index contributed by atoms with van der Waals surface area (Å²) in [6.45, 7) is 3.08. The molecule has 35 heavy (non-hydrogen) atoms. The van der Waals surface area contributed by atoms with E-state index >= 15 is 0 Å². The quantitative estimate of drug-likeness (QED) is 0.442. The number of thiazole rings is 1. The van der Waals surface area contributed by atoms with Gasteiger partial charge in [0.15, 0.2) is 5.01 Å². The predicted octanol–water partition coefficient (Wildman–Crippen LogP) is 0.933. The molecule has 1 aliphatic heterocycles. The van der Waals surface area contributed by atoms with E-state index in [0.29, 0.717) is 10.0 Å². The lowest BCUT2D eigenvalue weighted by Gasteiger charge is -2.24. The second kappa shape index (κ2) is 12.8. The molecule has 0 bridgehead atoms. The van der Waals surface area contributed by atoms with E-state index < -0.39 is 23.8 Å². The first-order valence-corrected chi connectivity index (χ1v) is 11.7. The Hall–Kier alpha value is -2.80. The number of pyridine rings is 1. The average Bonchev–Trinajstić information content (AvgIpc) is 3.22. The van der Waals surface area contributed by atoms with Crippen LogP contribution in [0.15, 0.2) is 18.3 Å². The molecule has 0 aliphatic carbocycles. The van der Waals surface area contributed by atoms with Crippen molar-refractivity contribution in [3.05, 3.63) is 38.9 Å². The summed E-state index contributed by atoms with van der Waals surface area (Å²) < 4.78 is 0. The topological polar surface area (TPSA) is 137 Å². The number of fused-ring (bicyclic) bond motifs is 1. The SMILES string of the molecule is CC(=O)N(C)C[C@H](CNC(=O)C(=O)Nc1ccc(Cl)cn1)NC(=O)c1nc2c(s1)CN(C)CC2.Cl. The van der Waals surface area contributed by atoms with Gasteiger partial charge >= 0.3 is 11.8 Å². The zero-order valence-corrected chi connectivity index (χ0v) is 21.9. The summed E-state index contributed by atoms with van der Waals surface area (Å²) in [5.41, 5.74) is 0.923. The summed E-state index contributed by atoms with van der Waals surface area (Å²) in [5.74, 6) is -2.26. The third kappa shape index (κ3) is 8.13. The standard InChI is InChI=1S/C21H26ClN7O4S.ClH/c1-12(30)29(3)10-14(9-24-18(31)19(32)27-17-5-4-13(22)8-23-17)25-20(33)21-26-15-6-7-28(2)11-16(15)34-21;/h4-5,8,14H,6-7,9-11H2,1-3H3,(H,24,31)(H,25,33)(H,23,27,32);1H/t14-;/m0./s1. The molecule has 0 fully saturated rings. The van der Waals surface area contributed by atoms with Crippen molar-refractivity contribution < 1.29 is 19.2 Å². The monoisotopic (exact) mass is 543 g/mol. The fourth-order valence-electron chi connectivity index (χ4n) is 3.21. The minimum atomic E-state index is -0.920. The first kappa shape index (κ1) is 28.4. The maximum atomic E-state index is 12.9. The Kier molecular flexibility index (Phi) is 10.4. The van der Waals surface area contributed by atoms with Gasteiger partial charge in [0.25, 0.3) is 5.91 Å². The average molecular weight is 544 g/mol. The van der Waals surface area contributed by atoms with Crippen molar-refractivity contribution in [2.75, 3.05) is 39.0 Å². The van der Waals surface area contributed by atoms with Gasteiger partial charge in [-0.3, -0.25) is 19.2 Å². The molecule has 2 aromatic heterocycles. The molecule has 0 unspecified atom stereocenters. The van der Waals surface area contributed by atoms with Crippen LogP contribution in [-0.2, 0) is 27.3 Å². The van der Waals surface area contributed by atoms with Crippen LogP contribution in [0.5, 0.6) is 0 Å². The molecule has 1 atom stereocenters.